The van der Waals surface area contributed by atoms with Crippen molar-refractivity contribution in [2.45, 2.75) is 82.3 Å². The molecule has 1 aliphatic rings. The summed E-state index contributed by atoms with van der Waals surface area (Å²) in [5, 5.41) is 13.6. The molecule has 2 rings (SSSR count). The molecule has 0 radical (unpaired) electrons. The van der Waals surface area contributed by atoms with Crippen LogP contribution in [0.1, 0.15) is 72.1 Å². The van der Waals surface area contributed by atoms with E-state index < -0.39 is 0 Å². The van der Waals surface area contributed by atoms with E-state index >= 15 is 0 Å². The fraction of sp³-hybridized carbons (Fsp3) is 0.700. The Morgan fingerprint density at radius 3 is 1.91 bits per heavy atom. The highest BCUT2D eigenvalue weighted by Gasteiger charge is 2.37. The number of phenolic OH excluding ortho intramolecular Hbond substituents is 1. The van der Waals surface area contributed by atoms with Gasteiger partial charge in [-0.25, -0.2) is 0 Å². The Balaban J connectivity index is 0.000000816. The molecule has 1 aliphatic heterocycles. The van der Waals surface area contributed by atoms with E-state index in [9.17, 15) is 5.11 Å². The van der Waals surface area contributed by atoms with Gasteiger partial charge in [-0.1, -0.05) is 55.4 Å². The molecule has 0 saturated carbocycles. The molecule has 1 aromatic rings. The minimum absolute atomic E-state index is 0.0313. The molecule has 0 spiro atoms. The second-order valence-corrected chi connectivity index (χ2v) is 10.9. The highest BCUT2D eigenvalue weighted by Crippen LogP contribution is 2.52. The van der Waals surface area contributed by atoms with Gasteiger partial charge in [-0.15, -0.1) is 11.8 Å². The van der Waals surface area contributed by atoms with Crippen molar-refractivity contribution in [1.29, 1.82) is 0 Å². The van der Waals surface area contributed by atoms with Crippen LogP contribution in [-0.4, -0.2) is 23.9 Å². The molecule has 2 N–H and O–H groups in total. The lowest BCUT2D eigenvalue weighted by Crippen LogP contribution is -2.20. The summed E-state index contributed by atoms with van der Waals surface area (Å²) in [6, 6.07) is 2.22. The van der Waals surface area contributed by atoms with E-state index in [2.05, 4.69) is 66.8 Å². The maximum atomic E-state index is 10.9. The maximum absolute atomic E-state index is 10.9. The van der Waals surface area contributed by atoms with Crippen LogP contribution in [0.25, 0.3) is 0 Å². The van der Waals surface area contributed by atoms with Crippen LogP contribution in [0.15, 0.2) is 11.0 Å². The van der Waals surface area contributed by atoms with Crippen LogP contribution in [0.4, 0.5) is 0 Å². The molecule has 0 bridgehead atoms. The molecular weight excluding hydrogens is 302 g/mol. The van der Waals surface area contributed by atoms with Crippen molar-refractivity contribution < 1.29 is 5.11 Å². The predicted molar refractivity (Wildman–Crippen MR) is 104 cm³/mol. The van der Waals surface area contributed by atoms with Crippen LogP contribution >= 0.6 is 11.8 Å². The molecule has 0 fully saturated rings. The SMILES string of the molecule is CC1(C)Cc2c(cc(C(C)(C)C)c(O)c2C(C)(C)C)S1.CNC. The third-order valence-corrected chi connectivity index (χ3v) is 5.19. The van der Waals surface area contributed by atoms with Crippen molar-refractivity contribution in [3.63, 3.8) is 0 Å². The maximum Gasteiger partial charge on any atom is 0.123 e. The Morgan fingerprint density at radius 1 is 1.04 bits per heavy atom. The van der Waals surface area contributed by atoms with Crippen LogP contribution in [0.3, 0.4) is 0 Å². The number of hydrogen-bond acceptors (Lipinski definition) is 3. The van der Waals surface area contributed by atoms with Crippen molar-refractivity contribution in [3.8, 4) is 5.75 Å². The zero-order valence-electron chi connectivity index (χ0n) is 16.6. The molecule has 23 heavy (non-hydrogen) atoms. The molecule has 0 amide bonds. The van der Waals surface area contributed by atoms with Gasteiger partial charge in [-0.3, -0.25) is 0 Å². The van der Waals surface area contributed by atoms with Crippen molar-refractivity contribution in [2.75, 3.05) is 14.1 Å². The van der Waals surface area contributed by atoms with Crippen molar-refractivity contribution in [3.05, 3.63) is 22.8 Å². The summed E-state index contributed by atoms with van der Waals surface area (Å²) in [6.07, 6.45) is 1.04. The smallest absolute Gasteiger partial charge is 0.123 e. The third kappa shape index (κ3) is 4.67. The monoisotopic (exact) mass is 337 g/mol. The van der Waals surface area contributed by atoms with E-state index in [1.807, 2.05) is 25.9 Å². The number of nitrogens with one attached hydrogen (secondary N) is 1. The summed E-state index contributed by atoms with van der Waals surface area (Å²) in [6.45, 7) is 17.7. The Labute approximate surface area is 147 Å². The minimum Gasteiger partial charge on any atom is -0.507 e. The molecule has 0 atom stereocenters. The Morgan fingerprint density at radius 2 is 1.52 bits per heavy atom. The van der Waals surface area contributed by atoms with Crippen LogP contribution in [0.2, 0.25) is 0 Å². The lowest BCUT2D eigenvalue weighted by atomic mass is 9.76. The van der Waals surface area contributed by atoms with Gasteiger partial charge in [-0.2, -0.15) is 0 Å². The molecule has 0 unspecified atom stereocenters. The van der Waals surface area contributed by atoms with Crippen molar-refractivity contribution >= 4 is 11.8 Å². The van der Waals surface area contributed by atoms with E-state index in [0.29, 0.717) is 5.75 Å². The first kappa shape index (κ1) is 20.4. The van der Waals surface area contributed by atoms with Gasteiger partial charge >= 0.3 is 0 Å². The number of fused-ring (bicyclic) bond motifs is 1. The van der Waals surface area contributed by atoms with Crippen LogP contribution in [0, 0.1) is 0 Å². The molecule has 0 aromatic heterocycles. The number of benzene rings is 1. The Hall–Kier alpha value is -0.670. The minimum atomic E-state index is -0.0353. The zero-order chi connectivity index (χ0) is 18.2. The van der Waals surface area contributed by atoms with E-state index in [1.165, 1.54) is 10.5 Å². The highest BCUT2D eigenvalue weighted by molar-refractivity contribution is 8.01. The number of rotatable bonds is 0. The summed E-state index contributed by atoms with van der Waals surface area (Å²) in [7, 11) is 3.75. The van der Waals surface area contributed by atoms with Gasteiger partial charge in [-0.05, 0) is 43.0 Å². The van der Waals surface area contributed by atoms with Gasteiger partial charge in [0, 0.05) is 20.8 Å². The Bertz CT molecular complexity index is 562. The molecule has 2 nitrogen and oxygen atoms in total. The summed E-state index contributed by atoms with van der Waals surface area (Å²) in [4.78, 5) is 1.36. The van der Waals surface area contributed by atoms with Gasteiger partial charge in [0.1, 0.15) is 5.75 Å². The summed E-state index contributed by atoms with van der Waals surface area (Å²) in [5.41, 5.74) is 3.52. The second-order valence-electron chi connectivity index (χ2n) is 9.16. The van der Waals surface area contributed by atoms with Gasteiger partial charge < -0.3 is 10.4 Å². The highest BCUT2D eigenvalue weighted by atomic mass is 32.2. The van der Waals surface area contributed by atoms with Gasteiger partial charge in [0.25, 0.3) is 0 Å². The van der Waals surface area contributed by atoms with Gasteiger partial charge in [0.15, 0.2) is 0 Å². The van der Waals surface area contributed by atoms with Gasteiger partial charge in [0.05, 0.1) is 0 Å². The standard InChI is InChI=1S/C18H28OS.C2H7N/c1-16(2,3)12-9-13-11(10-18(7,8)20-13)14(15(12)19)17(4,5)6;1-3-2/h9,19H,10H2,1-8H3;3H,1-2H3. The number of phenols is 1. The van der Waals surface area contributed by atoms with Crippen LogP contribution in [-0.2, 0) is 17.3 Å². The normalized spacial score (nSPS) is 16.6. The first-order valence-electron chi connectivity index (χ1n) is 8.42. The first-order chi connectivity index (χ1) is 10.2. The Kier molecular flexibility index (Phi) is 5.92. The van der Waals surface area contributed by atoms with Gasteiger partial charge in [0.2, 0.25) is 0 Å². The summed E-state index contributed by atoms with van der Waals surface area (Å²) < 4.78 is 0.227. The number of thioether (sulfide) groups is 1. The van der Waals surface area contributed by atoms with E-state index in [0.717, 1.165) is 17.5 Å². The molecule has 1 heterocycles. The fourth-order valence-corrected chi connectivity index (χ4v) is 4.38. The van der Waals surface area contributed by atoms with Crippen molar-refractivity contribution in [2.24, 2.45) is 0 Å². The lowest BCUT2D eigenvalue weighted by Gasteiger charge is -2.29. The molecule has 0 aliphatic carbocycles. The molecule has 132 valence electrons. The molecular formula is C20H35NOS. The van der Waals surface area contributed by atoms with Crippen LogP contribution < -0.4 is 5.32 Å². The first-order valence-corrected chi connectivity index (χ1v) is 9.23. The average molecular weight is 338 g/mol. The zero-order valence-corrected chi connectivity index (χ0v) is 17.5. The average Bonchev–Trinajstić information content (AvgIpc) is 2.59. The molecule has 0 saturated heterocycles. The summed E-state index contributed by atoms with van der Waals surface area (Å²) >= 11 is 1.95. The van der Waals surface area contributed by atoms with E-state index in [1.54, 1.807) is 0 Å². The number of aromatic hydroxyl groups is 1. The fourth-order valence-electron chi connectivity index (χ4n) is 3.09. The van der Waals surface area contributed by atoms with Crippen LogP contribution in [0.5, 0.6) is 5.75 Å². The largest absolute Gasteiger partial charge is 0.507 e. The quantitative estimate of drug-likeness (QED) is 0.678. The number of hydrogen-bond donors (Lipinski definition) is 2. The van der Waals surface area contributed by atoms with Crippen molar-refractivity contribution in [1.82, 2.24) is 5.32 Å². The topological polar surface area (TPSA) is 32.3 Å². The lowest BCUT2D eigenvalue weighted by molar-refractivity contribution is 0.419. The molecule has 1 aromatic carbocycles. The summed E-state index contributed by atoms with van der Waals surface area (Å²) in [5.74, 6) is 0.516. The third-order valence-electron chi connectivity index (χ3n) is 3.91. The van der Waals surface area contributed by atoms with E-state index in [-0.39, 0.29) is 15.6 Å². The second kappa shape index (κ2) is 6.68. The predicted octanol–water partition coefficient (Wildman–Crippen LogP) is 5.25. The molecule has 3 heteroatoms. The van der Waals surface area contributed by atoms with E-state index in [4.69, 9.17) is 0 Å².